The van der Waals surface area contributed by atoms with Crippen molar-refractivity contribution in [3.8, 4) is 6.07 Å². The Morgan fingerprint density at radius 3 is 2.70 bits per heavy atom. The molecule has 1 atom stereocenters. The summed E-state index contributed by atoms with van der Waals surface area (Å²) in [6, 6.07) is 15.6. The molecule has 0 aliphatic carbocycles. The highest BCUT2D eigenvalue weighted by Gasteiger charge is 2.12. The molecule has 100 valence electrons. The molecule has 5 nitrogen and oxygen atoms in total. The number of nitro groups is 1. The van der Waals surface area contributed by atoms with Crippen molar-refractivity contribution in [3.05, 3.63) is 69.8 Å². The third-order valence-corrected chi connectivity index (χ3v) is 3.00. The van der Waals surface area contributed by atoms with Crippen molar-refractivity contribution >= 4 is 11.4 Å². The van der Waals surface area contributed by atoms with Crippen molar-refractivity contribution in [1.82, 2.24) is 0 Å². The zero-order valence-corrected chi connectivity index (χ0v) is 10.9. The standard InChI is InChI=1S/C15H13N3O2/c1-11(12-6-4-7-14(9-12)18(19)20)17-15-8-3-2-5-13(15)10-16/h2-9,11,17H,1H3. The first-order chi connectivity index (χ1) is 9.61. The Bertz CT molecular complexity index is 677. The molecule has 20 heavy (non-hydrogen) atoms. The number of benzene rings is 2. The van der Waals surface area contributed by atoms with Gasteiger partial charge in [-0.05, 0) is 24.6 Å². The van der Waals surface area contributed by atoms with Gasteiger partial charge in [-0.15, -0.1) is 0 Å². The number of nitriles is 1. The molecule has 0 saturated heterocycles. The average Bonchev–Trinajstić information content (AvgIpc) is 2.48. The number of nitrogens with one attached hydrogen (secondary N) is 1. The van der Waals surface area contributed by atoms with Gasteiger partial charge in [0.25, 0.3) is 5.69 Å². The van der Waals surface area contributed by atoms with Crippen LogP contribution in [0.15, 0.2) is 48.5 Å². The van der Waals surface area contributed by atoms with Crippen LogP contribution in [0.3, 0.4) is 0 Å². The minimum atomic E-state index is -0.417. The highest BCUT2D eigenvalue weighted by atomic mass is 16.6. The van der Waals surface area contributed by atoms with E-state index in [0.29, 0.717) is 11.3 Å². The molecule has 1 N–H and O–H groups in total. The molecule has 0 heterocycles. The molecule has 5 heteroatoms. The smallest absolute Gasteiger partial charge is 0.269 e. The molecule has 0 radical (unpaired) electrons. The molecule has 0 spiro atoms. The predicted molar refractivity (Wildman–Crippen MR) is 76.3 cm³/mol. The van der Waals surface area contributed by atoms with Crippen LogP contribution in [-0.2, 0) is 0 Å². The zero-order chi connectivity index (χ0) is 14.5. The van der Waals surface area contributed by atoms with Gasteiger partial charge in [0.2, 0.25) is 0 Å². The SMILES string of the molecule is CC(Nc1ccccc1C#N)c1cccc([N+](=O)[O-])c1. The van der Waals surface area contributed by atoms with Crippen LogP contribution in [0.5, 0.6) is 0 Å². The van der Waals surface area contributed by atoms with E-state index in [4.69, 9.17) is 5.26 Å². The minimum absolute atomic E-state index is 0.0599. The predicted octanol–water partition coefficient (Wildman–Crippen LogP) is 3.64. The molecule has 0 saturated carbocycles. The number of hydrogen-bond acceptors (Lipinski definition) is 4. The first kappa shape index (κ1) is 13.6. The second-order valence-electron chi connectivity index (χ2n) is 4.38. The van der Waals surface area contributed by atoms with Crippen LogP contribution >= 0.6 is 0 Å². The second-order valence-corrected chi connectivity index (χ2v) is 4.38. The molecule has 0 aromatic heterocycles. The van der Waals surface area contributed by atoms with Crippen LogP contribution in [0.2, 0.25) is 0 Å². The minimum Gasteiger partial charge on any atom is -0.377 e. The summed E-state index contributed by atoms with van der Waals surface area (Å²) in [7, 11) is 0. The molecular weight excluding hydrogens is 254 g/mol. The number of rotatable bonds is 4. The van der Waals surface area contributed by atoms with E-state index in [1.165, 1.54) is 12.1 Å². The summed E-state index contributed by atoms with van der Waals surface area (Å²) < 4.78 is 0. The fourth-order valence-corrected chi connectivity index (χ4v) is 1.93. The van der Waals surface area contributed by atoms with Gasteiger partial charge < -0.3 is 5.32 Å². The van der Waals surface area contributed by atoms with Crippen molar-refractivity contribution in [3.63, 3.8) is 0 Å². The van der Waals surface area contributed by atoms with Gasteiger partial charge in [0.15, 0.2) is 0 Å². The van der Waals surface area contributed by atoms with Gasteiger partial charge in [-0.1, -0.05) is 24.3 Å². The van der Waals surface area contributed by atoms with E-state index in [-0.39, 0.29) is 11.7 Å². The Morgan fingerprint density at radius 2 is 2.00 bits per heavy atom. The van der Waals surface area contributed by atoms with Crippen LogP contribution in [0.25, 0.3) is 0 Å². The fraction of sp³-hybridized carbons (Fsp3) is 0.133. The van der Waals surface area contributed by atoms with Crippen LogP contribution < -0.4 is 5.32 Å². The van der Waals surface area contributed by atoms with Crippen molar-refractivity contribution in [2.75, 3.05) is 5.32 Å². The molecule has 2 aromatic carbocycles. The van der Waals surface area contributed by atoms with Crippen molar-refractivity contribution in [2.45, 2.75) is 13.0 Å². The Kier molecular flexibility index (Phi) is 3.96. The number of anilines is 1. The summed E-state index contributed by atoms with van der Waals surface area (Å²) in [4.78, 5) is 10.4. The maximum Gasteiger partial charge on any atom is 0.269 e. The third kappa shape index (κ3) is 2.93. The van der Waals surface area contributed by atoms with E-state index in [0.717, 1.165) is 5.56 Å². The number of para-hydroxylation sites is 1. The maximum absolute atomic E-state index is 10.8. The summed E-state index contributed by atoms with van der Waals surface area (Å²) in [5, 5.41) is 23.0. The molecule has 0 aliphatic heterocycles. The van der Waals surface area contributed by atoms with Gasteiger partial charge in [0.05, 0.1) is 16.2 Å². The van der Waals surface area contributed by atoms with E-state index in [2.05, 4.69) is 11.4 Å². The molecule has 0 fully saturated rings. The molecule has 0 aliphatic rings. The second kappa shape index (κ2) is 5.85. The van der Waals surface area contributed by atoms with Gasteiger partial charge in [-0.25, -0.2) is 0 Å². The number of nitrogens with zero attached hydrogens (tertiary/aromatic N) is 2. The molecular formula is C15H13N3O2. The Balaban J connectivity index is 2.24. The maximum atomic E-state index is 10.8. The zero-order valence-electron chi connectivity index (χ0n) is 10.9. The van der Waals surface area contributed by atoms with Gasteiger partial charge in [-0.3, -0.25) is 10.1 Å². The number of hydrogen-bond donors (Lipinski definition) is 1. The fourth-order valence-electron chi connectivity index (χ4n) is 1.93. The van der Waals surface area contributed by atoms with Gasteiger partial charge in [-0.2, -0.15) is 5.26 Å². The summed E-state index contributed by atoms with van der Waals surface area (Å²) in [6.07, 6.45) is 0. The quantitative estimate of drug-likeness (QED) is 0.677. The van der Waals surface area contributed by atoms with Crippen molar-refractivity contribution in [2.24, 2.45) is 0 Å². The highest BCUT2D eigenvalue weighted by molar-refractivity contribution is 5.58. The molecule has 0 bridgehead atoms. The van der Waals surface area contributed by atoms with Crippen LogP contribution in [-0.4, -0.2) is 4.92 Å². The van der Waals surface area contributed by atoms with E-state index in [1.807, 2.05) is 25.1 Å². The Hall–Kier alpha value is -2.87. The van der Waals surface area contributed by atoms with E-state index >= 15 is 0 Å². The lowest BCUT2D eigenvalue weighted by atomic mass is 10.1. The first-order valence-electron chi connectivity index (χ1n) is 6.12. The normalized spacial score (nSPS) is 11.4. The molecule has 2 rings (SSSR count). The van der Waals surface area contributed by atoms with E-state index in [9.17, 15) is 10.1 Å². The Morgan fingerprint density at radius 1 is 1.25 bits per heavy atom. The third-order valence-electron chi connectivity index (χ3n) is 3.00. The summed E-state index contributed by atoms with van der Waals surface area (Å²) in [5.74, 6) is 0. The summed E-state index contributed by atoms with van der Waals surface area (Å²) in [6.45, 7) is 1.90. The van der Waals surface area contributed by atoms with Gasteiger partial charge >= 0.3 is 0 Å². The lowest BCUT2D eigenvalue weighted by Crippen LogP contribution is -2.08. The summed E-state index contributed by atoms with van der Waals surface area (Å²) >= 11 is 0. The molecule has 0 amide bonds. The monoisotopic (exact) mass is 267 g/mol. The van der Waals surface area contributed by atoms with Crippen LogP contribution in [0.4, 0.5) is 11.4 Å². The largest absolute Gasteiger partial charge is 0.377 e. The summed E-state index contributed by atoms with van der Waals surface area (Å²) in [5.41, 5.74) is 2.12. The van der Waals surface area contributed by atoms with Crippen LogP contribution in [0.1, 0.15) is 24.1 Å². The topological polar surface area (TPSA) is 79.0 Å². The number of nitro benzene ring substituents is 1. The van der Waals surface area contributed by atoms with Gasteiger partial charge in [0.1, 0.15) is 6.07 Å². The number of non-ortho nitro benzene ring substituents is 1. The molecule has 2 aromatic rings. The van der Waals surface area contributed by atoms with Crippen LogP contribution in [0, 0.1) is 21.4 Å². The van der Waals surface area contributed by atoms with Crippen molar-refractivity contribution in [1.29, 1.82) is 5.26 Å². The Labute approximate surface area is 116 Å². The van der Waals surface area contributed by atoms with E-state index < -0.39 is 4.92 Å². The lowest BCUT2D eigenvalue weighted by molar-refractivity contribution is -0.384. The average molecular weight is 267 g/mol. The molecule has 1 unspecified atom stereocenters. The van der Waals surface area contributed by atoms with E-state index in [1.54, 1.807) is 18.2 Å². The van der Waals surface area contributed by atoms with Crippen molar-refractivity contribution < 1.29 is 4.92 Å². The lowest BCUT2D eigenvalue weighted by Gasteiger charge is -2.16. The highest BCUT2D eigenvalue weighted by Crippen LogP contribution is 2.24. The first-order valence-corrected chi connectivity index (χ1v) is 6.12. The van der Waals surface area contributed by atoms with Gasteiger partial charge in [0, 0.05) is 18.2 Å².